The van der Waals surface area contributed by atoms with Gasteiger partial charge in [0.05, 0.1) is 0 Å². The maximum Gasteiger partial charge on any atom is 0.321 e. The van der Waals surface area contributed by atoms with E-state index < -0.39 is 11.4 Å². The normalized spacial score (nSPS) is 25.0. The van der Waals surface area contributed by atoms with E-state index in [0.29, 0.717) is 5.92 Å². The highest BCUT2D eigenvalue weighted by molar-refractivity contribution is 5.79. The quantitative estimate of drug-likeness (QED) is 0.598. The molecule has 0 saturated heterocycles. The van der Waals surface area contributed by atoms with Crippen LogP contribution < -0.4 is 0 Å². The van der Waals surface area contributed by atoms with Crippen LogP contribution >= 0.6 is 0 Å². The first-order chi connectivity index (χ1) is 5.73. The molecule has 1 N–H and O–H groups in total. The van der Waals surface area contributed by atoms with Crippen molar-refractivity contribution < 1.29 is 9.90 Å². The Labute approximate surface area is 72.0 Å². The lowest BCUT2D eigenvalue weighted by Gasteiger charge is -2.32. The summed E-state index contributed by atoms with van der Waals surface area (Å²) in [6.45, 7) is 0. The van der Waals surface area contributed by atoms with Crippen molar-refractivity contribution in [2.45, 2.75) is 32.1 Å². The van der Waals surface area contributed by atoms with Gasteiger partial charge in [0.1, 0.15) is 5.41 Å². The summed E-state index contributed by atoms with van der Waals surface area (Å²) in [7, 11) is 0. The van der Waals surface area contributed by atoms with Gasteiger partial charge in [0, 0.05) is 5.92 Å². The number of rotatable bonds is 1. The Morgan fingerprint density at radius 2 is 2.08 bits per heavy atom. The highest BCUT2D eigenvalue weighted by atomic mass is 16.4. The fraction of sp³-hybridized carbons (Fsp3) is 0.700. The van der Waals surface area contributed by atoms with Gasteiger partial charge in [-0.15, -0.1) is 0 Å². The van der Waals surface area contributed by atoms with Gasteiger partial charge in [0.25, 0.3) is 0 Å². The minimum atomic E-state index is -0.720. The summed E-state index contributed by atoms with van der Waals surface area (Å²) in [4.78, 5) is 10.8. The lowest BCUT2D eigenvalue weighted by molar-refractivity contribution is -0.149. The van der Waals surface area contributed by atoms with Crippen molar-refractivity contribution >= 4 is 5.97 Å². The van der Waals surface area contributed by atoms with Crippen molar-refractivity contribution in [3.05, 3.63) is 0 Å². The Hall–Kier alpha value is -0.970. The number of carboxylic acids is 1. The summed E-state index contributed by atoms with van der Waals surface area (Å²) in [5, 5.41) is 8.91. The van der Waals surface area contributed by atoms with Gasteiger partial charge in [0.2, 0.25) is 0 Å². The van der Waals surface area contributed by atoms with Crippen molar-refractivity contribution in [3.8, 4) is 11.8 Å². The average Bonchev–Trinajstić information content (AvgIpc) is 2.67. The first-order valence-electron chi connectivity index (χ1n) is 4.49. The summed E-state index contributed by atoms with van der Waals surface area (Å²) in [5.41, 5.74) is -0.650. The van der Waals surface area contributed by atoms with Gasteiger partial charge in [0.15, 0.2) is 0 Å². The predicted octanol–water partition coefficient (Wildman–Crippen LogP) is 1.65. The second-order valence-corrected chi connectivity index (χ2v) is 3.78. The van der Waals surface area contributed by atoms with E-state index in [-0.39, 0.29) is 0 Å². The Bertz CT molecular complexity index is 261. The molecule has 0 aromatic carbocycles. The van der Waals surface area contributed by atoms with Crippen molar-refractivity contribution in [3.63, 3.8) is 0 Å². The Kier molecular flexibility index (Phi) is 1.61. The number of carbonyl (C=O) groups is 1. The van der Waals surface area contributed by atoms with Crippen molar-refractivity contribution in [1.29, 1.82) is 0 Å². The van der Waals surface area contributed by atoms with Crippen LogP contribution in [0.3, 0.4) is 0 Å². The fourth-order valence-electron chi connectivity index (χ4n) is 1.39. The fourth-order valence-corrected chi connectivity index (χ4v) is 1.39. The van der Waals surface area contributed by atoms with Crippen LogP contribution in [0.15, 0.2) is 0 Å². The van der Waals surface area contributed by atoms with Crippen LogP contribution in [-0.4, -0.2) is 11.1 Å². The standard InChI is InChI=1S/C10H12O2/c11-9(12)10(5-1-6-10)7-4-8-2-3-8/h8H,1-3,5-6H2,(H,11,12). The van der Waals surface area contributed by atoms with E-state index in [0.717, 1.165) is 19.3 Å². The second kappa shape index (κ2) is 2.52. The monoisotopic (exact) mass is 164 g/mol. The van der Waals surface area contributed by atoms with Crippen molar-refractivity contribution in [2.75, 3.05) is 0 Å². The van der Waals surface area contributed by atoms with Gasteiger partial charge in [-0.2, -0.15) is 0 Å². The highest BCUT2D eigenvalue weighted by Crippen LogP contribution is 2.41. The van der Waals surface area contributed by atoms with Crippen LogP contribution in [0.4, 0.5) is 0 Å². The van der Waals surface area contributed by atoms with E-state index in [1.165, 1.54) is 12.8 Å². The Morgan fingerprint density at radius 1 is 1.42 bits per heavy atom. The van der Waals surface area contributed by atoms with E-state index in [9.17, 15) is 4.79 Å². The van der Waals surface area contributed by atoms with E-state index in [2.05, 4.69) is 11.8 Å². The topological polar surface area (TPSA) is 37.3 Å². The Morgan fingerprint density at radius 3 is 2.42 bits per heavy atom. The maximum absolute atomic E-state index is 10.8. The average molecular weight is 164 g/mol. The summed E-state index contributed by atoms with van der Waals surface area (Å²) >= 11 is 0. The molecule has 0 aromatic rings. The molecule has 2 aliphatic rings. The number of carboxylic acid groups (broad SMARTS) is 1. The molecule has 0 radical (unpaired) electrons. The van der Waals surface area contributed by atoms with Gasteiger partial charge < -0.3 is 5.11 Å². The zero-order valence-electron chi connectivity index (χ0n) is 6.97. The first kappa shape index (κ1) is 7.67. The van der Waals surface area contributed by atoms with Gasteiger partial charge >= 0.3 is 5.97 Å². The zero-order valence-corrected chi connectivity index (χ0v) is 6.97. The van der Waals surface area contributed by atoms with E-state index in [1.807, 2.05) is 0 Å². The number of hydrogen-bond acceptors (Lipinski definition) is 1. The van der Waals surface area contributed by atoms with Crippen molar-refractivity contribution in [2.24, 2.45) is 11.3 Å². The number of hydrogen-bond donors (Lipinski definition) is 1. The van der Waals surface area contributed by atoms with Gasteiger partial charge in [-0.1, -0.05) is 11.8 Å². The molecule has 2 heteroatoms. The molecule has 0 unspecified atom stereocenters. The highest BCUT2D eigenvalue weighted by Gasteiger charge is 2.43. The molecule has 2 fully saturated rings. The summed E-state index contributed by atoms with van der Waals surface area (Å²) in [6.07, 6.45) is 4.86. The van der Waals surface area contributed by atoms with Crippen LogP contribution in [0.2, 0.25) is 0 Å². The largest absolute Gasteiger partial charge is 0.480 e. The molecule has 0 heterocycles. The molecule has 0 spiro atoms. The summed E-state index contributed by atoms with van der Waals surface area (Å²) in [5.74, 6) is 5.79. The number of aliphatic carboxylic acids is 1. The molecule has 2 aliphatic carbocycles. The van der Waals surface area contributed by atoms with Gasteiger partial charge in [-0.05, 0) is 32.1 Å². The zero-order chi connectivity index (χ0) is 8.60. The van der Waals surface area contributed by atoms with E-state index >= 15 is 0 Å². The van der Waals surface area contributed by atoms with Gasteiger partial charge in [-0.25, -0.2) is 0 Å². The molecule has 0 atom stereocenters. The van der Waals surface area contributed by atoms with E-state index in [4.69, 9.17) is 5.11 Å². The maximum atomic E-state index is 10.8. The van der Waals surface area contributed by atoms with Crippen LogP contribution in [0.1, 0.15) is 32.1 Å². The third-order valence-electron chi connectivity index (χ3n) is 2.71. The van der Waals surface area contributed by atoms with Crippen LogP contribution in [0, 0.1) is 23.2 Å². The lowest BCUT2D eigenvalue weighted by Crippen LogP contribution is -2.36. The SMILES string of the molecule is O=C(O)C1(C#CC2CC2)CCC1. The molecule has 12 heavy (non-hydrogen) atoms. The second-order valence-electron chi connectivity index (χ2n) is 3.78. The van der Waals surface area contributed by atoms with Gasteiger partial charge in [-0.3, -0.25) is 4.79 Å². The molecule has 2 nitrogen and oxygen atoms in total. The predicted molar refractivity (Wildman–Crippen MR) is 44.4 cm³/mol. The smallest absolute Gasteiger partial charge is 0.321 e. The van der Waals surface area contributed by atoms with Crippen LogP contribution in [0.5, 0.6) is 0 Å². The molecular formula is C10H12O2. The molecule has 2 saturated carbocycles. The van der Waals surface area contributed by atoms with E-state index in [1.54, 1.807) is 0 Å². The van der Waals surface area contributed by atoms with Crippen LogP contribution in [0.25, 0.3) is 0 Å². The molecule has 0 bridgehead atoms. The minimum Gasteiger partial charge on any atom is -0.480 e. The van der Waals surface area contributed by atoms with Crippen LogP contribution in [-0.2, 0) is 4.79 Å². The minimum absolute atomic E-state index is 0.516. The lowest BCUT2D eigenvalue weighted by atomic mass is 9.69. The first-order valence-corrected chi connectivity index (χ1v) is 4.49. The third kappa shape index (κ3) is 1.20. The molecule has 0 aliphatic heterocycles. The Balaban J connectivity index is 2.07. The molecule has 0 aromatic heterocycles. The summed E-state index contributed by atoms with van der Waals surface area (Å²) < 4.78 is 0. The van der Waals surface area contributed by atoms with Crippen molar-refractivity contribution in [1.82, 2.24) is 0 Å². The molecular weight excluding hydrogens is 152 g/mol. The molecule has 2 rings (SSSR count). The summed E-state index contributed by atoms with van der Waals surface area (Å²) in [6, 6.07) is 0. The molecule has 64 valence electrons. The third-order valence-corrected chi connectivity index (χ3v) is 2.71. The molecule has 0 amide bonds.